The SMILES string of the molecule is Cc1nc2n(c(=O)c1CCN1CCC(C(=O)c3ccccc3)CC1)CCS2. The fourth-order valence-corrected chi connectivity index (χ4v) is 5.01. The zero-order valence-electron chi connectivity index (χ0n) is 15.7. The number of hydrogen-bond acceptors (Lipinski definition) is 5. The fraction of sp³-hybridized carbons (Fsp3) is 0.476. The van der Waals surface area contributed by atoms with Crippen molar-refractivity contribution in [2.24, 2.45) is 5.92 Å². The number of fused-ring (bicyclic) bond motifs is 1. The molecule has 0 N–H and O–H groups in total. The second-order valence-electron chi connectivity index (χ2n) is 7.36. The van der Waals surface area contributed by atoms with Crippen LogP contribution in [0.4, 0.5) is 0 Å². The molecule has 0 atom stereocenters. The van der Waals surface area contributed by atoms with E-state index in [1.165, 1.54) is 0 Å². The van der Waals surface area contributed by atoms with Crippen molar-refractivity contribution in [2.75, 3.05) is 25.4 Å². The first kappa shape index (κ1) is 18.4. The lowest BCUT2D eigenvalue weighted by Crippen LogP contribution is -2.38. The first-order valence-corrected chi connectivity index (χ1v) is 10.7. The lowest BCUT2D eigenvalue weighted by atomic mass is 9.89. The first-order valence-electron chi connectivity index (χ1n) is 9.68. The van der Waals surface area contributed by atoms with E-state index >= 15 is 0 Å². The van der Waals surface area contributed by atoms with Gasteiger partial charge in [0.1, 0.15) is 0 Å². The smallest absolute Gasteiger partial charge is 0.257 e. The number of piperidine rings is 1. The molecular weight excluding hydrogens is 358 g/mol. The van der Waals surface area contributed by atoms with E-state index in [0.29, 0.717) is 0 Å². The average molecular weight is 384 g/mol. The van der Waals surface area contributed by atoms with Crippen LogP contribution < -0.4 is 5.56 Å². The number of ketones is 1. The summed E-state index contributed by atoms with van der Waals surface area (Å²) < 4.78 is 1.82. The topological polar surface area (TPSA) is 55.2 Å². The fourth-order valence-electron chi connectivity index (χ4n) is 4.03. The number of likely N-dealkylation sites (tertiary alicyclic amines) is 1. The third-order valence-electron chi connectivity index (χ3n) is 5.68. The number of aryl methyl sites for hydroxylation is 1. The van der Waals surface area contributed by atoms with Gasteiger partial charge in [0, 0.05) is 41.6 Å². The van der Waals surface area contributed by atoms with Crippen molar-refractivity contribution in [2.45, 2.75) is 37.9 Å². The number of carbonyl (C=O) groups excluding carboxylic acids is 1. The molecule has 2 aliphatic heterocycles. The summed E-state index contributed by atoms with van der Waals surface area (Å²) in [7, 11) is 0. The number of Topliss-reactive ketones (excluding diaryl/α,β-unsaturated/α-hetero) is 1. The summed E-state index contributed by atoms with van der Waals surface area (Å²) in [5.41, 5.74) is 2.68. The van der Waals surface area contributed by atoms with Gasteiger partial charge in [-0.05, 0) is 39.3 Å². The molecule has 0 amide bonds. The summed E-state index contributed by atoms with van der Waals surface area (Å²) in [6.07, 6.45) is 2.52. The molecule has 2 aliphatic rings. The van der Waals surface area contributed by atoms with Gasteiger partial charge in [-0.2, -0.15) is 0 Å². The standard InChI is InChI=1S/C21H25N3O2S/c1-15-18(20(26)24-13-14-27-21(24)22-15)9-12-23-10-7-17(8-11-23)19(25)16-5-3-2-4-6-16/h2-6,17H,7-14H2,1H3. The predicted molar refractivity (Wildman–Crippen MR) is 108 cm³/mol. The second-order valence-corrected chi connectivity index (χ2v) is 8.42. The van der Waals surface area contributed by atoms with Crippen molar-refractivity contribution in [1.82, 2.24) is 14.5 Å². The molecule has 2 aromatic rings. The summed E-state index contributed by atoms with van der Waals surface area (Å²) in [5.74, 6) is 1.33. The summed E-state index contributed by atoms with van der Waals surface area (Å²) in [4.78, 5) is 32.3. The Morgan fingerprint density at radius 3 is 2.67 bits per heavy atom. The van der Waals surface area contributed by atoms with Crippen molar-refractivity contribution >= 4 is 17.5 Å². The van der Waals surface area contributed by atoms with Crippen LogP contribution in [0.15, 0.2) is 40.3 Å². The maximum atomic E-state index is 12.7. The zero-order chi connectivity index (χ0) is 18.8. The third kappa shape index (κ3) is 3.87. The molecule has 1 aromatic carbocycles. The largest absolute Gasteiger partial charge is 0.303 e. The van der Waals surface area contributed by atoms with Gasteiger partial charge >= 0.3 is 0 Å². The van der Waals surface area contributed by atoms with Crippen LogP contribution in [0.1, 0.15) is 34.5 Å². The predicted octanol–water partition coefficient (Wildman–Crippen LogP) is 2.79. The highest BCUT2D eigenvalue weighted by atomic mass is 32.2. The lowest BCUT2D eigenvalue weighted by molar-refractivity contribution is 0.0841. The van der Waals surface area contributed by atoms with Crippen molar-refractivity contribution in [3.05, 3.63) is 57.5 Å². The monoisotopic (exact) mass is 383 g/mol. The van der Waals surface area contributed by atoms with Gasteiger partial charge in [-0.15, -0.1) is 0 Å². The summed E-state index contributed by atoms with van der Waals surface area (Å²) in [5, 5.41) is 0.862. The highest BCUT2D eigenvalue weighted by molar-refractivity contribution is 7.99. The van der Waals surface area contributed by atoms with Crippen LogP contribution in [-0.2, 0) is 13.0 Å². The highest BCUT2D eigenvalue weighted by Crippen LogP contribution is 2.24. The molecular formula is C21H25N3O2S. The molecule has 27 heavy (non-hydrogen) atoms. The van der Waals surface area contributed by atoms with E-state index in [4.69, 9.17) is 0 Å². The molecule has 0 bridgehead atoms. The zero-order valence-corrected chi connectivity index (χ0v) is 16.5. The molecule has 6 heteroatoms. The highest BCUT2D eigenvalue weighted by Gasteiger charge is 2.26. The molecule has 0 aliphatic carbocycles. The second kappa shape index (κ2) is 7.98. The minimum atomic E-state index is 0.120. The van der Waals surface area contributed by atoms with E-state index in [0.717, 1.165) is 73.2 Å². The minimum Gasteiger partial charge on any atom is -0.303 e. The van der Waals surface area contributed by atoms with Crippen LogP contribution in [0.5, 0.6) is 0 Å². The maximum Gasteiger partial charge on any atom is 0.257 e. The quantitative estimate of drug-likeness (QED) is 0.587. The van der Waals surface area contributed by atoms with Gasteiger partial charge in [0.25, 0.3) is 5.56 Å². The Labute approximate surface area is 163 Å². The summed E-state index contributed by atoms with van der Waals surface area (Å²) in [6, 6.07) is 9.60. The number of thioether (sulfide) groups is 1. The maximum absolute atomic E-state index is 12.7. The molecule has 0 unspecified atom stereocenters. The number of benzene rings is 1. The van der Waals surface area contributed by atoms with Crippen molar-refractivity contribution < 1.29 is 4.79 Å². The van der Waals surface area contributed by atoms with Gasteiger partial charge in [0.05, 0.1) is 0 Å². The Kier molecular flexibility index (Phi) is 5.45. The van der Waals surface area contributed by atoms with Crippen LogP contribution in [0.25, 0.3) is 0 Å². The first-order chi connectivity index (χ1) is 13.1. The summed E-state index contributed by atoms with van der Waals surface area (Å²) >= 11 is 1.66. The Hall–Kier alpha value is -1.92. The van der Waals surface area contributed by atoms with Gasteiger partial charge < -0.3 is 4.90 Å². The molecule has 142 valence electrons. The van der Waals surface area contributed by atoms with Crippen LogP contribution in [0.2, 0.25) is 0 Å². The number of aromatic nitrogens is 2. The molecule has 1 fully saturated rings. The lowest BCUT2D eigenvalue weighted by Gasteiger charge is -2.31. The molecule has 0 spiro atoms. The van der Waals surface area contributed by atoms with E-state index in [2.05, 4.69) is 9.88 Å². The van der Waals surface area contributed by atoms with Crippen molar-refractivity contribution in [3.8, 4) is 0 Å². The van der Waals surface area contributed by atoms with Crippen molar-refractivity contribution in [1.29, 1.82) is 0 Å². The molecule has 0 saturated carbocycles. The van der Waals surface area contributed by atoms with E-state index in [1.807, 2.05) is 41.8 Å². The van der Waals surface area contributed by atoms with E-state index in [9.17, 15) is 9.59 Å². The molecule has 4 rings (SSSR count). The van der Waals surface area contributed by atoms with Crippen LogP contribution in [-0.4, -0.2) is 45.6 Å². The Bertz CT molecular complexity index is 886. The van der Waals surface area contributed by atoms with Crippen LogP contribution in [0.3, 0.4) is 0 Å². The number of rotatable bonds is 5. The van der Waals surface area contributed by atoms with Crippen LogP contribution >= 0.6 is 11.8 Å². The van der Waals surface area contributed by atoms with Gasteiger partial charge in [-0.3, -0.25) is 14.2 Å². The van der Waals surface area contributed by atoms with Gasteiger partial charge in [-0.1, -0.05) is 42.1 Å². The summed E-state index contributed by atoms with van der Waals surface area (Å²) in [6.45, 7) is 5.40. The minimum absolute atomic E-state index is 0.120. The van der Waals surface area contributed by atoms with E-state index < -0.39 is 0 Å². The Morgan fingerprint density at radius 2 is 1.93 bits per heavy atom. The molecule has 3 heterocycles. The van der Waals surface area contributed by atoms with Crippen LogP contribution in [0, 0.1) is 12.8 Å². The molecule has 0 radical (unpaired) electrons. The average Bonchev–Trinajstić information content (AvgIpc) is 3.17. The number of carbonyl (C=O) groups is 1. The van der Waals surface area contributed by atoms with Gasteiger partial charge in [0.15, 0.2) is 10.9 Å². The molecule has 1 saturated heterocycles. The van der Waals surface area contributed by atoms with Gasteiger partial charge in [-0.25, -0.2) is 4.98 Å². The number of nitrogens with zero attached hydrogens (tertiary/aromatic N) is 3. The normalized spacial score (nSPS) is 17.8. The van der Waals surface area contributed by atoms with Gasteiger partial charge in [0.2, 0.25) is 0 Å². The van der Waals surface area contributed by atoms with E-state index in [-0.39, 0.29) is 17.3 Å². The Balaban J connectivity index is 1.34. The third-order valence-corrected chi connectivity index (χ3v) is 6.63. The molecule has 5 nitrogen and oxygen atoms in total. The van der Waals surface area contributed by atoms with Crippen molar-refractivity contribution in [3.63, 3.8) is 0 Å². The molecule has 1 aromatic heterocycles. The Morgan fingerprint density at radius 1 is 1.19 bits per heavy atom. The number of hydrogen-bond donors (Lipinski definition) is 0. The van der Waals surface area contributed by atoms with E-state index in [1.54, 1.807) is 11.8 Å².